The number of methoxy groups -OCH3 is 1. The van der Waals surface area contributed by atoms with Gasteiger partial charge in [0.05, 0.1) is 19.7 Å². The first-order valence-electron chi connectivity index (χ1n) is 9.87. The number of amides is 2. The van der Waals surface area contributed by atoms with Crippen LogP contribution in [0.25, 0.3) is 0 Å². The van der Waals surface area contributed by atoms with Crippen LogP contribution in [0.15, 0.2) is 24.3 Å². The summed E-state index contributed by atoms with van der Waals surface area (Å²) in [5.74, 6) is 0.738. The molecule has 2 amide bonds. The molecule has 0 spiro atoms. The predicted octanol–water partition coefficient (Wildman–Crippen LogP) is 3.13. The SMILES string of the molecule is CCN(CC(=O)Nc1ccc(OC)cc1)[C@@H](C)C(=O)N1[C@H](C)CCC[C@@H]1C. The first-order chi connectivity index (χ1) is 12.9. The zero-order valence-electron chi connectivity index (χ0n) is 17.2. The Morgan fingerprint density at radius 2 is 1.81 bits per heavy atom. The molecule has 0 radical (unpaired) electrons. The summed E-state index contributed by atoms with van der Waals surface area (Å²) >= 11 is 0. The number of nitrogens with one attached hydrogen (secondary N) is 1. The summed E-state index contributed by atoms with van der Waals surface area (Å²) in [5, 5.41) is 2.89. The van der Waals surface area contributed by atoms with Crippen molar-refractivity contribution in [2.24, 2.45) is 0 Å². The van der Waals surface area contributed by atoms with Gasteiger partial charge < -0.3 is 15.0 Å². The number of likely N-dealkylation sites (N-methyl/N-ethyl adjacent to an activating group) is 1. The van der Waals surface area contributed by atoms with Crippen LogP contribution in [0.5, 0.6) is 5.75 Å². The number of nitrogens with zero attached hydrogens (tertiary/aromatic N) is 2. The van der Waals surface area contributed by atoms with Crippen LogP contribution in [0.3, 0.4) is 0 Å². The molecule has 1 aliphatic rings. The molecule has 2 rings (SSSR count). The van der Waals surface area contributed by atoms with Crippen molar-refractivity contribution in [3.63, 3.8) is 0 Å². The van der Waals surface area contributed by atoms with Gasteiger partial charge in [-0.05, 0) is 70.8 Å². The summed E-state index contributed by atoms with van der Waals surface area (Å²) in [6.45, 7) is 8.94. The van der Waals surface area contributed by atoms with Crippen LogP contribution in [0.2, 0.25) is 0 Å². The van der Waals surface area contributed by atoms with Crippen LogP contribution in [-0.4, -0.2) is 59.9 Å². The van der Waals surface area contributed by atoms with E-state index in [2.05, 4.69) is 19.2 Å². The maximum absolute atomic E-state index is 13.1. The smallest absolute Gasteiger partial charge is 0.240 e. The first-order valence-corrected chi connectivity index (χ1v) is 9.87. The summed E-state index contributed by atoms with van der Waals surface area (Å²) in [4.78, 5) is 29.5. The maximum Gasteiger partial charge on any atom is 0.240 e. The molecule has 0 bridgehead atoms. The van der Waals surface area contributed by atoms with Gasteiger partial charge in [0, 0.05) is 17.8 Å². The van der Waals surface area contributed by atoms with E-state index in [-0.39, 0.29) is 36.5 Å². The molecule has 1 fully saturated rings. The minimum atomic E-state index is -0.320. The van der Waals surface area contributed by atoms with Crippen LogP contribution in [0, 0.1) is 0 Å². The molecule has 1 N–H and O–H groups in total. The highest BCUT2D eigenvalue weighted by atomic mass is 16.5. The second-order valence-corrected chi connectivity index (χ2v) is 7.39. The van der Waals surface area contributed by atoms with Crippen molar-refractivity contribution in [2.45, 2.75) is 65.1 Å². The van der Waals surface area contributed by atoms with E-state index in [1.54, 1.807) is 31.4 Å². The highest BCUT2D eigenvalue weighted by Crippen LogP contribution is 2.24. The number of hydrogen-bond donors (Lipinski definition) is 1. The quantitative estimate of drug-likeness (QED) is 0.795. The molecule has 1 heterocycles. The van der Waals surface area contributed by atoms with E-state index in [0.717, 1.165) is 18.6 Å². The summed E-state index contributed by atoms with van der Waals surface area (Å²) in [7, 11) is 1.61. The molecule has 1 aromatic carbocycles. The average molecular weight is 376 g/mol. The summed E-state index contributed by atoms with van der Waals surface area (Å²) in [6, 6.07) is 7.42. The average Bonchev–Trinajstić information content (AvgIpc) is 2.66. The van der Waals surface area contributed by atoms with Crippen molar-refractivity contribution in [1.29, 1.82) is 0 Å². The number of carbonyl (C=O) groups is 2. The number of benzene rings is 1. The second-order valence-electron chi connectivity index (χ2n) is 7.39. The summed E-state index contributed by atoms with van der Waals surface area (Å²) < 4.78 is 5.13. The van der Waals surface area contributed by atoms with Gasteiger partial charge in [0.15, 0.2) is 0 Å². The maximum atomic E-state index is 13.1. The van der Waals surface area contributed by atoms with Crippen molar-refractivity contribution >= 4 is 17.5 Å². The topological polar surface area (TPSA) is 61.9 Å². The second kappa shape index (κ2) is 9.74. The van der Waals surface area contributed by atoms with E-state index in [4.69, 9.17) is 4.74 Å². The standard InChI is InChI=1S/C21H33N3O3/c1-6-23(14-20(25)22-18-10-12-19(27-5)13-11-18)17(4)21(26)24-15(2)8-7-9-16(24)3/h10-13,15-17H,6-9,14H2,1-5H3,(H,22,25)/t15-,16+,17-/m0/s1. The summed E-state index contributed by atoms with van der Waals surface area (Å²) in [5.41, 5.74) is 0.717. The molecule has 0 aliphatic carbocycles. The predicted molar refractivity (Wildman–Crippen MR) is 108 cm³/mol. The van der Waals surface area contributed by atoms with Gasteiger partial charge >= 0.3 is 0 Å². The van der Waals surface area contributed by atoms with Crippen LogP contribution >= 0.6 is 0 Å². The van der Waals surface area contributed by atoms with Crippen molar-refractivity contribution in [3.05, 3.63) is 24.3 Å². The van der Waals surface area contributed by atoms with E-state index < -0.39 is 0 Å². The van der Waals surface area contributed by atoms with Gasteiger partial charge in [-0.1, -0.05) is 6.92 Å². The Bertz CT molecular complexity index is 622. The highest BCUT2D eigenvalue weighted by Gasteiger charge is 2.34. The lowest BCUT2D eigenvalue weighted by atomic mass is 9.96. The number of piperidine rings is 1. The van der Waals surface area contributed by atoms with Gasteiger partial charge in [-0.3, -0.25) is 14.5 Å². The normalized spacial score (nSPS) is 21.0. The Kier molecular flexibility index (Phi) is 7.66. The van der Waals surface area contributed by atoms with E-state index in [9.17, 15) is 9.59 Å². The zero-order chi connectivity index (χ0) is 20.0. The molecule has 6 heteroatoms. The molecule has 150 valence electrons. The fraction of sp³-hybridized carbons (Fsp3) is 0.619. The molecular weight excluding hydrogens is 342 g/mol. The van der Waals surface area contributed by atoms with Gasteiger partial charge in [-0.15, -0.1) is 0 Å². The third kappa shape index (κ3) is 5.45. The Morgan fingerprint density at radius 1 is 1.22 bits per heavy atom. The zero-order valence-corrected chi connectivity index (χ0v) is 17.2. The number of carbonyl (C=O) groups excluding carboxylic acids is 2. The van der Waals surface area contributed by atoms with E-state index in [1.807, 2.05) is 23.6 Å². The number of hydrogen-bond acceptors (Lipinski definition) is 4. The lowest BCUT2D eigenvalue weighted by Crippen LogP contribution is -2.55. The van der Waals surface area contributed by atoms with Crippen LogP contribution in [-0.2, 0) is 9.59 Å². The van der Waals surface area contributed by atoms with Crippen molar-refractivity contribution in [2.75, 3.05) is 25.5 Å². The molecule has 0 unspecified atom stereocenters. The molecule has 1 aliphatic heterocycles. The van der Waals surface area contributed by atoms with Crippen LogP contribution in [0.4, 0.5) is 5.69 Å². The largest absolute Gasteiger partial charge is 0.497 e. The molecule has 1 saturated heterocycles. The van der Waals surface area contributed by atoms with Gasteiger partial charge in [0.25, 0.3) is 0 Å². The van der Waals surface area contributed by atoms with Crippen molar-refractivity contribution in [3.8, 4) is 5.75 Å². The van der Waals surface area contributed by atoms with Gasteiger partial charge in [0.2, 0.25) is 11.8 Å². The monoisotopic (exact) mass is 375 g/mol. The molecule has 3 atom stereocenters. The Labute approximate surface area is 162 Å². The van der Waals surface area contributed by atoms with Gasteiger partial charge in [-0.2, -0.15) is 0 Å². The van der Waals surface area contributed by atoms with E-state index in [0.29, 0.717) is 12.2 Å². The Morgan fingerprint density at radius 3 is 2.33 bits per heavy atom. The third-order valence-corrected chi connectivity index (χ3v) is 5.48. The Hall–Kier alpha value is -2.08. The van der Waals surface area contributed by atoms with Gasteiger partial charge in [-0.25, -0.2) is 0 Å². The number of anilines is 1. The van der Waals surface area contributed by atoms with Crippen LogP contribution in [0.1, 0.15) is 47.0 Å². The molecule has 0 aromatic heterocycles. The van der Waals surface area contributed by atoms with Crippen molar-refractivity contribution in [1.82, 2.24) is 9.80 Å². The van der Waals surface area contributed by atoms with E-state index in [1.165, 1.54) is 6.42 Å². The first kappa shape index (κ1) is 21.2. The fourth-order valence-electron chi connectivity index (χ4n) is 3.81. The molecule has 1 aromatic rings. The fourth-order valence-corrected chi connectivity index (χ4v) is 3.81. The van der Waals surface area contributed by atoms with Gasteiger partial charge in [0.1, 0.15) is 5.75 Å². The molecule has 0 saturated carbocycles. The van der Waals surface area contributed by atoms with Crippen molar-refractivity contribution < 1.29 is 14.3 Å². The highest BCUT2D eigenvalue weighted by molar-refractivity contribution is 5.93. The van der Waals surface area contributed by atoms with Crippen LogP contribution < -0.4 is 10.1 Å². The molecule has 6 nitrogen and oxygen atoms in total. The lowest BCUT2D eigenvalue weighted by molar-refractivity contribution is -0.143. The molecular formula is C21H33N3O3. The van der Waals surface area contributed by atoms with E-state index >= 15 is 0 Å². The minimum Gasteiger partial charge on any atom is -0.497 e. The molecule has 27 heavy (non-hydrogen) atoms. The lowest BCUT2D eigenvalue weighted by Gasteiger charge is -2.42. The Balaban J connectivity index is 1.97. The third-order valence-electron chi connectivity index (χ3n) is 5.48. The summed E-state index contributed by atoms with van der Waals surface area (Å²) in [6.07, 6.45) is 3.27. The minimum absolute atomic E-state index is 0.119. The number of likely N-dealkylation sites (tertiary alicyclic amines) is 1. The number of rotatable bonds is 7. The number of ether oxygens (including phenoxy) is 1.